The quantitative estimate of drug-likeness (QED) is 0.0758. The Morgan fingerprint density at radius 3 is 2.63 bits per heavy atom. The number of rotatable bonds is 19. The Bertz CT molecular complexity index is 1060. The van der Waals surface area contributed by atoms with Crippen LogP contribution in [0.2, 0.25) is 0 Å². The molecule has 13 heteroatoms. The number of methoxy groups -OCH3 is 1. The van der Waals surface area contributed by atoms with Gasteiger partial charge in [-0.05, 0) is 13.8 Å². The fourth-order valence-corrected chi connectivity index (χ4v) is 6.11. The van der Waals surface area contributed by atoms with Crippen LogP contribution in [0.25, 0.3) is 0 Å². The van der Waals surface area contributed by atoms with Crippen molar-refractivity contribution in [1.82, 2.24) is 23.8 Å². The topological polar surface area (TPSA) is 124 Å². The molecule has 2 aromatic rings. The van der Waals surface area contributed by atoms with Crippen LogP contribution in [0.4, 0.5) is 0 Å². The van der Waals surface area contributed by atoms with E-state index in [1.54, 1.807) is 27.8 Å². The first-order valence-electron chi connectivity index (χ1n) is 12.6. The summed E-state index contributed by atoms with van der Waals surface area (Å²) in [5.74, 6) is -0.356. The average Bonchev–Trinajstić information content (AvgIpc) is 3.35. The standard InChI is InChI=1S/C25H38IN5O5S2/c1-5-26-28-24(34)17-36-13-12-19-6-10-22(11-7-19)37-38-25(2,3)18-27-23(33)15-31-14-20(29-30-31)8-9-21(32)16-35-4/h6-7,10-11,14,26H,5,8-9,12-13,15-18H2,1-4H3,(H,27,33)(H,28,34)/i26D. The predicted octanol–water partition coefficient (Wildman–Crippen LogP) is 3.07. The molecule has 0 atom stereocenters. The number of alkyl halides is 1. The van der Waals surface area contributed by atoms with E-state index in [1.807, 2.05) is 19.1 Å². The third-order valence-corrected chi connectivity index (χ3v) is 10.00. The minimum absolute atomic E-state index is 0.000402. The molecule has 1 heterocycles. The number of ketones is 1. The predicted molar refractivity (Wildman–Crippen MR) is 161 cm³/mol. The number of hydrogen-bond donors (Lipinski definition) is 2. The second-order valence-corrected chi connectivity index (χ2v) is 14.7. The molecule has 10 nitrogen and oxygen atoms in total. The molecule has 1 aromatic heterocycles. The number of aromatic nitrogens is 3. The molecular formula is C25H38IN5O5S2. The summed E-state index contributed by atoms with van der Waals surface area (Å²) in [6.07, 6.45) is 3.18. The summed E-state index contributed by atoms with van der Waals surface area (Å²) in [5, 5.41) is 11.0. The number of nitrogens with one attached hydrogen (secondary N) is 2. The first-order chi connectivity index (χ1) is 18.6. The van der Waals surface area contributed by atoms with Crippen molar-refractivity contribution >= 4 is 60.5 Å². The van der Waals surface area contributed by atoms with Crippen LogP contribution < -0.4 is 8.85 Å². The summed E-state index contributed by atoms with van der Waals surface area (Å²) in [6.45, 7) is 7.14. The van der Waals surface area contributed by atoms with E-state index in [1.165, 1.54) is 11.8 Å². The van der Waals surface area contributed by atoms with Crippen molar-refractivity contribution < 1.29 is 23.9 Å². The third kappa shape index (κ3) is 13.9. The Balaban J connectivity index is 1.66. The van der Waals surface area contributed by atoms with Crippen LogP contribution in [0.3, 0.4) is 0 Å². The van der Waals surface area contributed by atoms with Gasteiger partial charge in [0.25, 0.3) is 0 Å². The molecule has 0 saturated heterocycles. The van der Waals surface area contributed by atoms with Crippen LogP contribution in [-0.4, -0.2) is 75.8 Å². The molecule has 2 rings (SSSR count). The molecule has 1 aromatic carbocycles. The molecule has 2 amide bonds. The van der Waals surface area contributed by atoms with Gasteiger partial charge in [-0.15, -0.1) is 5.10 Å². The van der Waals surface area contributed by atoms with Crippen molar-refractivity contribution in [2.24, 2.45) is 0 Å². The molecule has 0 aliphatic rings. The summed E-state index contributed by atoms with van der Waals surface area (Å²) < 4.78 is 22.7. The zero-order valence-corrected chi connectivity index (χ0v) is 26.1. The van der Waals surface area contributed by atoms with Gasteiger partial charge in [0, 0.05) is 37.4 Å². The van der Waals surface area contributed by atoms with Crippen molar-refractivity contribution in [2.75, 3.05) is 37.9 Å². The van der Waals surface area contributed by atoms with Crippen LogP contribution in [0.1, 0.15) is 38.4 Å². The molecular weight excluding hydrogens is 641 g/mol. The van der Waals surface area contributed by atoms with Crippen molar-refractivity contribution in [1.29, 1.82) is 0.594 Å². The number of benzene rings is 1. The average molecular weight is 681 g/mol. The van der Waals surface area contributed by atoms with Crippen LogP contribution in [0.5, 0.6) is 0 Å². The summed E-state index contributed by atoms with van der Waals surface area (Å²) >= 11 is -2.04. The number of halogens is 1. The van der Waals surface area contributed by atoms with Crippen molar-refractivity contribution in [3.8, 4) is 0 Å². The monoisotopic (exact) mass is 680 g/mol. The molecule has 38 heavy (non-hydrogen) atoms. The number of carbonyl (C=O) groups is 3. The summed E-state index contributed by atoms with van der Waals surface area (Å²) in [7, 11) is 4.81. The first kappa shape index (κ1) is 30.9. The first-order valence-corrected chi connectivity index (χ1v) is 17.0. The molecule has 0 radical (unpaired) electrons. The molecule has 2 N–H and O–H groups in total. The van der Waals surface area contributed by atoms with E-state index in [0.29, 0.717) is 38.1 Å². The van der Waals surface area contributed by atoms with E-state index in [4.69, 9.17) is 10.1 Å². The van der Waals surface area contributed by atoms with Crippen molar-refractivity contribution in [2.45, 2.75) is 56.2 Å². The number of carbonyl (C=O) groups excluding carboxylic acids is 3. The normalized spacial score (nSPS) is 12.1. The van der Waals surface area contributed by atoms with Gasteiger partial charge < -0.3 is 10.1 Å². The van der Waals surface area contributed by atoms with Crippen molar-refractivity contribution in [3.05, 3.63) is 41.7 Å². The third-order valence-electron chi connectivity index (χ3n) is 4.93. The fourth-order valence-electron chi connectivity index (χ4n) is 2.97. The number of Topliss-reactive ketones (excluding diaryl/α,β-unsaturated/α-hetero) is 1. The van der Waals surface area contributed by atoms with E-state index in [0.717, 1.165) is 14.9 Å². The Hall–Kier alpha value is -1.68. The maximum atomic E-state index is 12.4. The van der Waals surface area contributed by atoms with E-state index in [2.05, 4.69) is 45.1 Å². The summed E-state index contributed by atoms with van der Waals surface area (Å²) in [5.41, 5.74) is 1.79. The minimum atomic E-state index is -2.04. The number of amides is 2. The molecule has 0 saturated carbocycles. The molecule has 0 spiro atoms. The Kier molecular flexibility index (Phi) is 14.5. The van der Waals surface area contributed by atoms with E-state index in [9.17, 15) is 14.4 Å². The van der Waals surface area contributed by atoms with Gasteiger partial charge in [0.15, 0.2) is 5.78 Å². The van der Waals surface area contributed by atoms with Gasteiger partial charge in [0.2, 0.25) is 5.91 Å². The van der Waals surface area contributed by atoms with E-state index >= 15 is 0 Å². The molecule has 0 aliphatic heterocycles. The maximum absolute atomic E-state index is 12.4. The Morgan fingerprint density at radius 2 is 1.92 bits per heavy atom. The van der Waals surface area contributed by atoms with Gasteiger partial charge in [-0.1, -0.05) is 5.21 Å². The van der Waals surface area contributed by atoms with Crippen LogP contribution in [-0.2, 0) is 43.2 Å². The molecule has 0 unspecified atom stereocenters. The van der Waals surface area contributed by atoms with Crippen LogP contribution in [0.15, 0.2) is 35.4 Å². The molecule has 0 bridgehead atoms. The van der Waals surface area contributed by atoms with Gasteiger partial charge in [0.05, 0.1) is 5.69 Å². The van der Waals surface area contributed by atoms with Crippen LogP contribution in [0, 0.1) is 0 Å². The molecule has 0 aliphatic carbocycles. The fraction of sp³-hybridized carbons (Fsp3) is 0.560. The van der Waals surface area contributed by atoms with Gasteiger partial charge in [-0.2, -0.15) is 0 Å². The number of nitrogens with zero attached hydrogens (tertiary/aromatic N) is 3. The van der Waals surface area contributed by atoms with Gasteiger partial charge in [0.1, 0.15) is 13.2 Å². The van der Waals surface area contributed by atoms with Crippen LogP contribution >= 0.6 is 42.9 Å². The zero-order valence-electron chi connectivity index (χ0n) is 23.3. The Labute approximate surface area is 243 Å². The van der Waals surface area contributed by atoms with Gasteiger partial charge in [-0.25, -0.2) is 4.68 Å². The van der Waals surface area contributed by atoms with Gasteiger partial charge >= 0.3 is 128 Å². The number of hydrogen-bond acceptors (Lipinski definition) is 9. The van der Waals surface area contributed by atoms with Gasteiger partial charge in [-0.3, -0.25) is 9.59 Å². The van der Waals surface area contributed by atoms with Crippen molar-refractivity contribution in [3.63, 3.8) is 0 Å². The van der Waals surface area contributed by atoms with E-state index < -0.39 is 21.3 Å². The zero-order chi connectivity index (χ0) is 28.7. The number of ether oxygens (including phenoxy) is 2. The Morgan fingerprint density at radius 1 is 1.16 bits per heavy atom. The SMILES string of the molecule is [2H]I(CC)NC(=O)COCCc1ccc(SSC(C)(C)CNC(=O)Cn2cc(CCC(=O)COC)nn2)cc1. The summed E-state index contributed by atoms with van der Waals surface area (Å²) in [4.78, 5) is 36.8. The molecule has 212 valence electrons. The second-order valence-electron chi connectivity index (χ2n) is 8.95. The number of aryl methyl sites for hydroxylation is 1. The second kappa shape index (κ2) is 17.8. The van der Waals surface area contributed by atoms with E-state index in [-0.39, 0.29) is 42.1 Å². The summed E-state index contributed by atoms with van der Waals surface area (Å²) in [6, 6.07) is 8.20. The molecule has 0 fully saturated rings.